The minimum Gasteiger partial charge on any atom is -0.378 e. The Balaban J connectivity index is 1.82. The summed E-state index contributed by atoms with van der Waals surface area (Å²) in [4.78, 5) is 12.1. The lowest BCUT2D eigenvalue weighted by molar-refractivity contribution is 0.0117. The van der Waals surface area contributed by atoms with Crippen LogP contribution in [0.15, 0.2) is 22.7 Å². The molecule has 0 bridgehead atoms. The van der Waals surface area contributed by atoms with E-state index in [0.717, 1.165) is 29.5 Å². The molecule has 0 radical (unpaired) electrons. The minimum atomic E-state index is -0.0219. The minimum absolute atomic E-state index is 0.0219. The van der Waals surface area contributed by atoms with Crippen molar-refractivity contribution < 1.29 is 9.53 Å². The molecule has 2 rings (SSSR count). The van der Waals surface area contributed by atoms with Gasteiger partial charge in [0.15, 0.2) is 0 Å². The summed E-state index contributed by atoms with van der Waals surface area (Å²) in [6.45, 7) is 3.52. The normalized spacial score (nSPS) is 19.2. The van der Waals surface area contributed by atoms with E-state index in [1.54, 1.807) is 0 Å². The number of benzene rings is 1. The quantitative estimate of drug-likeness (QED) is 0.920. The van der Waals surface area contributed by atoms with Crippen molar-refractivity contribution in [2.75, 3.05) is 13.2 Å². The predicted molar refractivity (Wildman–Crippen MR) is 79.4 cm³/mol. The lowest BCUT2D eigenvalue weighted by Crippen LogP contribution is -2.29. The van der Waals surface area contributed by atoms with Gasteiger partial charge in [0.05, 0.1) is 11.7 Å². The molecule has 0 spiro atoms. The number of aryl methyl sites for hydroxylation is 1. The van der Waals surface area contributed by atoms with E-state index >= 15 is 0 Å². The molecular weight excluding hydrogens is 306 g/mol. The smallest absolute Gasteiger partial charge is 0.252 e. The van der Waals surface area contributed by atoms with E-state index in [0.29, 0.717) is 18.2 Å². The van der Waals surface area contributed by atoms with E-state index in [2.05, 4.69) is 21.2 Å². The second-order valence-electron chi connectivity index (χ2n) is 4.97. The van der Waals surface area contributed by atoms with Crippen molar-refractivity contribution in [1.82, 2.24) is 5.32 Å². The van der Waals surface area contributed by atoms with Crippen LogP contribution in [-0.4, -0.2) is 25.2 Å². The summed E-state index contributed by atoms with van der Waals surface area (Å²) in [5, 5.41) is 2.97. The SMILES string of the molecule is Cc1cccc(C(=O)NCCC2CCCCO2)c1Br. The second-order valence-corrected chi connectivity index (χ2v) is 5.76. The molecule has 1 aromatic rings. The number of amides is 1. The van der Waals surface area contributed by atoms with Crippen LogP contribution in [-0.2, 0) is 4.74 Å². The highest BCUT2D eigenvalue weighted by Gasteiger charge is 2.15. The first-order valence-corrected chi connectivity index (χ1v) is 7.62. The highest BCUT2D eigenvalue weighted by atomic mass is 79.9. The van der Waals surface area contributed by atoms with Gasteiger partial charge in [-0.2, -0.15) is 0 Å². The number of hydrogen-bond acceptors (Lipinski definition) is 2. The molecule has 3 nitrogen and oxygen atoms in total. The molecule has 19 heavy (non-hydrogen) atoms. The lowest BCUT2D eigenvalue weighted by atomic mass is 10.1. The largest absolute Gasteiger partial charge is 0.378 e. The third-order valence-electron chi connectivity index (χ3n) is 3.46. The van der Waals surface area contributed by atoms with Gasteiger partial charge >= 0.3 is 0 Å². The summed E-state index contributed by atoms with van der Waals surface area (Å²) >= 11 is 3.46. The first kappa shape index (κ1) is 14.5. The van der Waals surface area contributed by atoms with Gasteiger partial charge in [0, 0.05) is 17.6 Å². The van der Waals surface area contributed by atoms with Crippen LogP contribution in [0.3, 0.4) is 0 Å². The van der Waals surface area contributed by atoms with Crippen LogP contribution in [0.1, 0.15) is 41.6 Å². The zero-order valence-corrected chi connectivity index (χ0v) is 12.8. The zero-order valence-electron chi connectivity index (χ0n) is 11.2. The van der Waals surface area contributed by atoms with E-state index in [1.807, 2.05) is 25.1 Å². The van der Waals surface area contributed by atoms with Gasteiger partial charge in [0.1, 0.15) is 0 Å². The van der Waals surface area contributed by atoms with E-state index in [9.17, 15) is 4.79 Å². The predicted octanol–water partition coefficient (Wildman–Crippen LogP) is 3.45. The standard InChI is InChI=1S/C15H20BrNO2/c1-11-5-4-7-13(14(11)16)15(18)17-9-8-12-6-2-3-10-19-12/h4-5,7,12H,2-3,6,8-10H2,1H3,(H,17,18). The number of carbonyl (C=O) groups excluding carboxylic acids is 1. The van der Waals surface area contributed by atoms with E-state index in [-0.39, 0.29) is 5.91 Å². The zero-order chi connectivity index (χ0) is 13.7. The van der Waals surface area contributed by atoms with Gasteiger partial charge in [-0.15, -0.1) is 0 Å². The molecule has 1 aliphatic heterocycles. The Morgan fingerprint density at radius 3 is 3.05 bits per heavy atom. The van der Waals surface area contributed by atoms with Crippen LogP contribution < -0.4 is 5.32 Å². The van der Waals surface area contributed by atoms with Crippen LogP contribution in [0.2, 0.25) is 0 Å². The van der Waals surface area contributed by atoms with Crippen molar-refractivity contribution in [3.63, 3.8) is 0 Å². The molecular formula is C15H20BrNO2. The van der Waals surface area contributed by atoms with Crippen molar-refractivity contribution in [3.8, 4) is 0 Å². The van der Waals surface area contributed by atoms with Crippen LogP contribution in [0.25, 0.3) is 0 Å². The molecule has 1 unspecified atom stereocenters. The fraction of sp³-hybridized carbons (Fsp3) is 0.533. The van der Waals surface area contributed by atoms with Gasteiger partial charge in [-0.3, -0.25) is 4.79 Å². The summed E-state index contributed by atoms with van der Waals surface area (Å²) in [6.07, 6.45) is 4.73. The summed E-state index contributed by atoms with van der Waals surface area (Å²) in [5.74, 6) is -0.0219. The van der Waals surface area contributed by atoms with Gasteiger partial charge < -0.3 is 10.1 Å². The molecule has 1 N–H and O–H groups in total. The number of rotatable bonds is 4. The van der Waals surface area contributed by atoms with Gasteiger partial charge in [-0.05, 0) is 60.2 Å². The topological polar surface area (TPSA) is 38.3 Å². The third-order valence-corrected chi connectivity index (χ3v) is 4.51. The fourth-order valence-electron chi connectivity index (χ4n) is 2.30. The molecule has 104 valence electrons. The molecule has 0 saturated carbocycles. The van der Waals surface area contributed by atoms with E-state index < -0.39 is 0 Å². The van der Waals surface area contributed by atoms with Crippen molar-refractivity contribution in [2.24, 2.45) is 0 Å². The van der Waals surface area contributed by atoms with Crippen molar-refractivity contribution in [1.29, 1.82) is 0 Å². The maximum Gasteiger partial charge on any atom is 0.252 e. The Labute approximate surface area is 122 Å². The Hall–Kier alpha value is -0.870. The maximum atomic E-state index is 12.1. The summed E-state index contributed by atoms with van der Waals surface area (Å²) in [7, 11) is 0. The van der Waals surface area contributed by atoms with Crippen molar-refractivity contribution in [2.45, 2.75) is 38.7 Å². The molecule has 1 heterocycles. The molecule has 1 atom stereocenters. The molecule has 1 amide bonds. The molecule has 0 aliphatic carbocycles. The molecule has 1 fully saturated rings. The van der Waals surface area contributed by atoms with E-state index in [4.69, 9.17) is 4.74 Å². The van der Waals surface area contributed by atoms with Gasteiger partial charge in [-0.1, -0.05) is 12.1 Å². The summed E-state index contributed by atoms with van der Waals surface area (Å²) in [6, 6.07) is 5.72. The lowest BCUT2D eigenvalue weighted by Gasteiger charge is -2.22. The van der Waals surface area contributed by atoms with Crippen LogP contribution in [0, 0.1) is 6.92 Å². The molecule has 1 saturated heterocycles. The Kier molecular flexibility index (Phi) is 5.40. The van der Waals surface area contributed by atoms with Crippen LogP contribution in [0.5, 0.6) is 0 Å². The average Bonchev–Trinajstić information content (AvgIpc) is 2.43. The Bertz CT molecular complexity index is 442. The fourth-order valence-corrected chi connectivity index (χ4v) is 2.74. The van der Waals surface area contributed by atoms with Crippen molar-refractivity contribution in [3.05, 3.63) is 33.8 Å². The first-order chi connectivity index (χ1) is 9.18. The highest BCUT2D eigenvalue weighted by Crippen LogP contribution is 2.21. The van der Waals surface area contributed by atoms with Crippen LogP contribution >= 0.6 is 15.9 Å². The molecule has 4 heteroatoms. The van der Waals surface area contributed by atoms with Gasteiger partial charge in [0.25, 0.3) is 5.91 Å². The summed E-state index contributed by atoms with van der Waals surface area (Å²) < 4.78 is 6.52. The summed E-state index contributed by atoms with van der Waals surface area (Å²) in [5.41, 5.74) is 1.77. The Morgan fingerprint density at radius 2 is 2.32 bits per heavy atom. The number of carbonyl (C=O) groups is 1. The third kappa shape index (κ3) is 4.05. The average molecular weight is 326 g/mol. The second kappa shape index (κ2) is 7.06. The van der Waals surface area contributed by atoms with E-state index in [1.165, 1.54) is 12.8 Å². The number of nitrogens with one attached hydrogen (secondary N) is 1. The first-order valence-electron chi connectivity index (χ1n) is 6.83. The van der Waals surface area contributed by atoms with Gasteiger partial charge in [-0.25, -0.2) is 0 Å². The number of hydrogen-bond donors (Lipinski definition) is 1. The van der Waals surface area contributed by atoms with Crippen LogP contribution in [0.4, 0.5) is 0 Å². The number of halogens is 1. The van der Waals surface area contributed by atoms with Gasteiger partial charge in [0.2, 0.25) is 0 Å². The number of ether oxygens (including phenoxy) is 1. The Morgan fingerprint density at radius 1 is 1.47 bits per heavy atom. The molecule has 0 aromatic heterocycles. The monoisotopic (exact) mass is 325 g/mol. The van der Waals surface area contributed by atoms with Crippen molar-refractivity contribution >= 4 is 21.8 Å². The maximum absolute atomic E-state index is 12.1. The molecule has 1 aromatic carbocycles. The highest BCUT2D eigenvalue weighted by molar-refractivity contribution is 9.10. The molecule has 1 aliphatic rings.